The molecule has 0 saturated carbocycles. The minimum atomic E-state index is -4.28. The molecule has 0 aromatic heterocycles. The first kappa shape index (κ1) is 16.0. The van der Waals surface area contributed by atoms with Crippen molar-refractivity contribution in [2.45, 2.75) is 4.90 Å². The average Bonchev–Trinajstić information content (AvgIpc) is 2.53. The summed E-state index contributed by atoms with van der Waals surface area (Å²) >= 11 is 0. The van der Waals surface area contributed by atoms with Crippen molar-refractivity contribution in [1.29, 1.82) is 0 Å². The Labute approximate surface area is 138 Å². The number of para-hydroxylation sites is 1. The molecule has 0 atom stereocenters. The van der Waals surface area contributed by atoms with Gasteiger partial charge in [0.05, 0.1) is 16.1 Å². The van der Waals surface area contributed by atoms with E-state index < -0.39 is 16.1 Å². The predicted octanol–water partition coefficient (Wildman–Crippen LogP) is 3.53. The van der Waals surface area contributed by atoms with Crippen molar-refractivity contribution in [3.05, 3.63) is 66.2 Å². The fourth-order valence-electron chi connectivity index (χ4n) is 2.40. The zero-order valence-electron chi connectivity index (χ0n) is 12.3. The second-order valence-electron chi connectivity index (χ2n) is 5.17. The minimum absolute atomic E-state index is 0.129. The van der Waals surface area contributed by atoms with E-state index in [0.717, 1.165) is 5.39 Å². The van der Waals surface area contributed by atoms with Crippen molar-refractivity contribution in [3.63, 3.8) is 0 Å². The minimum Gasteiger partial charge on any atom is -0.478 e. The van der Waals surface area contributed by atoms with Crippen LogP contribution in [0.2, 0.25) is 0 Å². The Hall–Kier alpha value is -2.90. The molecule has 0 unspecified atom stereocenters. The largest absolute Gasteiger partial charge is 0.478 e. The number of aromatic carboxylic acids is 1. The molecular weight excluding hydrogens is 330 g/mol. The van der Waals surface area contributed by atoms with Gasteiger partial charge in [-0.25, -0.2) is 4.79 Å². The highest BCUT2D eigenvalue weighted by Crippen LogP contribution is 2.26. The summed E-state index contributed by atoms with van der Waals surface area (Å²) in [6.45, 7) is 0. The first-order valence-corrected chi connectivity index (χ1v) is 8.39. The molecule has 0 spiro atoms. The fraction of sp³-hybridized carbons (Fsp3) is 0. The molecule has 0 amide bonds. The van der Waals surface area contributed by atoms with Crippen LogP contribution in [0.25, 0.3) is 10.8 Å². The van der Waals surface area contributed by atoms with E-state index in [4.69, 9.17) is 4.55 Å². The number of nitrogens with one attached hydrogen (secondary N) is 1. The second kappa shape index (κ2) is 5.95. The van der Waals surface area contributed by atoms with E-state index >= 15 is 0 Å². The maximum atomic E-state index is 11.2. The van der Waals surface area contributed by atoms with Crippen LogP contribution in [0, 0.1) is 0 Å². The number of hydrogen-bond donors (Lipinski definition) is 3. The van der Waals surface area contributed by atoms with E-state index in [1.54, 1.807) is 42.5 Å². The van der Waals surface area contributed by atoms with Gasteiger partial charge in [-0.15, -0.1) is 0 Å². The molecule has 6 nitrogen and oxygen atoms in total. The molecule has 0 aliphatic carbocycles. The van der Waals surface area contributed by atoms with Gasteiger partial charge in [-0.05, 0) is 47.2 Å². The number of carboxylic acid groups (broad SMARTS) is 1. The van der Waals surface area contributed by atoms with Gasteiger partial charge in [-0.1, -0.05) is 24.3 Å². The third-order valence-electron chi connectivity index (χ3n) is 3.55. The monoisotopic (exact) mass is 343 g/mol. The Morgan fingerprint density at radius 3 is 2.33 bits per heavy atom. The van der Waals surface area contributed by atoms with Crippen LogP contribution < -0.4 is 5.32 Å². The summed E-state index contributed by atoms with van der Waals surface area (Å²) in [6.07, 6.45) is 0. The van der Waals surface area contributed by atoms with Gasteiger partial charge in [-0.3, -0.25) is 4.55 Å². The Morgan fingerprint density at radius 2 is 1.62 bits per heavy atom. The van der Waals surface area contributed by atoms with E-state index in [0.29, 0.717) is 16.8 Å². The van der Waals surface area contributed by atoms with Crippen LogP contribution in [0.4, 0.5) is 11.4 Å². The van der Waals surface area contributed by atoms with Gasteiger partial charge in [0.25, 0.3) is 10.1 Å². The molecule has 0 aliphatic heterocycles. The molecule has 0 radical (unpaired) electrons. The van der Waals surface area contributed by atoms with Crippen LogP contribution in [0.1, 0.15) is 10.4 Å². The molecule has 0 aliphatic rings. The van der Waals surface area contributed by atoms with E-state index in [-0.39, 0.29) is 10.5 Å². The zero-order valence-corrected chi connectivity index (χ0v) is 13.1. The van der Waals surface area contributed by atoms with Crippen molar-refractivity contribution in [2.75, 3.05) is 5.32 Å². The van der Waals surface area contributed by atoms with Gasteiger partial charge in [0.1, 0.15) is 0 Å². The summed E-state index contributed by atoms with van der Waals surface area (Å²) in [5, 5.41) is 13.6. The number of hydrogen-bond acceptors (Lipinski definition) is 4. The number of benzene rings is 3. The van der Waals surface area contributed by atoms with E-state index in [9.17, 15) is 18.3 Å². The molecule has 122 valence electrons. The molecule has 7 heteroatoms. The van der Waals surface area contributed by atoms with E-state index in [1.165, 1.54) is 18.2 Å². The third-order valence-corrected chi connectivity index (χ3v) is 4.40. The molecule has 3 aromatic rings. The van der Waals surface area contributed by atoms with Crippen molar-refractivity contribution in [3.8, 4) is 0 Å². The molecule has 24 heavy (non-hydrogen) atoms. The van der Waals surface area contributed by atoms with Crippen molar-refractivity contribution in [1.82, 2.24) is 0 Å². The number of rotatable bonds is 4. The van der Waals surface area contributed by atoms with Gasteiger partial charge >= 0.3 is 5.97 Å². The normalized spacial score (nSPS) is 11.4. The highest BCUT2D eigenvalue weighted by Gasteiger charge is 2.11. The van der Waals surface area contributed by atoms with Crippen LogP contribution in [-0.2, 0) is 10.1 Å². The lowest BCUT2D eigenvalue weighted by Crippen LogP contribution is -2.02. The van der Waals surface area contributed by atoms with Gasteiger partial charge in [0.15, 0.2) is 0 Å². The van der Waals surface area contributed by atoms with Crippen molar-refractivity contribution >= 4 is 38.2 Å². The quantitative estimate of drug-likeness (QED) is 0.626. The Morgan fingerprint density at radius 1 is 0.917 bits per heavy atom. The lowest BCUT2D eigenvalue weighted by atomic mass is 10.1. The van der Waals surface area contributed by atoms with Gasteiger partial charge in [-0.2, -0.15) is 8.42 Å². The summed E-state index contributed by atoms with van der Waals surface area (Å²) < 4.78 is 31.6. The van der Waals surface area contributed by atoms with Crippen LogP contribution in [0.3, 0.4) is 0 Å². The number of anilines is 2. The molecule has 0 heterocycles. The molecular formula is C17H13NO5S. The van der Waals surface area contributed by atoms with Crippen LogP contribution in [0.15, 0.2) is 65.6 Å². The maximum Gasteiger partial charge on any atom is 0.337 e. The summed E-state index contributed by atoms with van der Waals surface area (Å²) in [5.74, 6) is -1.05. The first-order chi connectivity index (χ1) is 11.3. The van der Waals surface area contributed by atoms with Gasteiger partial charge in [0, 0.05) is 5.69 Å². The summed E-state index contributed by atoms with van der Waals surface area (Å²) in [7, 11) is -4.28. The summed E-state index contributed by atoms with van der Waals surface area (Å²) in [6, 6.07) is 16.0. The second-order valence-corrected chi connectivity index (χ2v) is 6.60. The highest BCUT2D eigenvalue weighted by atomic mass is 32.2. The van der Waals surface area contributed by atoms with Gasteiger partial charge < -0.3 is 10.4 Å². The first-order valence-electron chi connectivity index (χ1n) is 6.95. The Bertz CT molecular complexity index is 1040. The molecule has 3 N–H and O–H groups in total. The molecule has 3 rings (SSSR count). The average molecular weight is 343 g/mol. The lowest BCUT2D eigenvalue weighted by Gasteiger charge is -2.10. The summed E-state index contributed by atoms with van der Waals surface area (Å²) in [5.41, 5.74) is 1.16. The fourth-order valence-corrected chi connectivity index (χ4v) is 2.91. The van der Waals surface area contributed by atoms with Crippen molar-refractivity contribution in [2.24, 2.45) is 0 Å². The zero-order chi connectivity index (χ0) is 17.3. The SMILES string of the molecule is O=C(O)c1ccccc1Nc1ccc2ccc(S(=O)(=O)O)cc2c1. The number of fused-ring (bicyclic) bond motifs is 1. The smallest absolute Gasteiger partial charge is 0.337 e. The van der Waals surface area contributed by atoms with Crippen LogP contribution >= 0.6 is 0 Å². The molecule has 0 bridgehead atoms. The topological polar surface area (TPSA) is 104 Å². The lowest BCUT2D eigenvalue weighted by molar-refractivity contribution is 0.0698. The highest BCUT2D eigenvalue weighted by molar-refractivity contribution is 7.85. The third kappa shape index (κ3) is 3.22. The van der Waals surface area contributed by atoms with Crippen LogP contribution in [0.5, 0.6) is 0 Å². The predicted molar refractivity (Wildman–Crippen MR) is 90.4 cm³/mol. The molecule has 0 saturated heterocycles. The molecule has 0 fully saturated rings. The summed E-state index contributed by atoms with van der Waals surface area (Å²) in [4.78, 5) is 11.0. The van der Waals surface area contributed by atoms with E-state index in [2.05, 4.69) is 5.32 Å². The number of carbonyl (C=O) groups is 1. The standard InChI is InChI=1S/C17H13NO5S/c19-17(20)15-3-1-2-4-16(15)18-13-7-5-11-6-8-14(24(21,22)23)10-12(11)9-13/h1-10,18H,(H,19,20)(H,21,22,23). The molecule has 3 aromatic carbocycles. The van der Waals surface area contributed by atoms with Gasteiger partial charge in [0.2, 0.25) is 0 Å². The van der Waals surface area contributed by atoms with Crippen LogP contribution in [-0.4, -0.2) is 24.0 Å². The Kier molecular flexibility index (Phi) is 3.96. The number of carboxylic acids is 1. The van der Waals surface area contributed by atoms with Crippen molar-refractivity contribution < 1.29 is 22.9 Å². The van der Waals surface area contributed by atoms with E-state index in [1.807, 2.05) is 0 Å². The maximum absolute atomic E-state index is 11.2. The Balaban J connectivity index is 2.04.